The molecule has 1 N–H and O–H groups in total. The Morgan fingerprint density at radius 3 is 2.57 bits per heavy atom. The van der Waals surface area contributed by atoms with Crippen LogP contribution in [0.2, 0.25) is 0 Å². The third-order valence-corrected chi connectivity index (χ3v) is 5.34. The fraction of sp³-hybridized carbons (Fsp3) is 0.261. The second-order valence-corrected chi connectivity index (χ2v) is 7.60. The van der Waals surface area contributed by atoms with Crippen molar-refractivity contribution in [1.29, 1.82) is 0 Å². The molecule has 1 unspecified atom stereocenters. The zero-order chi connectivity index (χ0) is 19.1. The number of para-hydroxylation sites is 1. The molecule has 0 bridgehead atoms. The van der Waals surface area contributed by atoms with Crippen LogP contribution < -0.4 is 10.2 Å². The van der Waals surface area contributed by atoms with E-state index in [0.717, 1.165) is 36.3 Å². The maximum absolute atomic E-state index is 12.8. The van der Waals surface area contributed by atoms with Crippen LogP contribution in [0.1, 0.15) is 35.8 Å². The van der Waals surface area contributed by atoms with Crippen molar-refractivity contribution in [3.63, 3.8) is 0 Å². The summed E-state index contributed by atoms with van der Waals surface area (Å²) in [7, 11) is 0. The number of amides is 1. The summed E-state index contributed by atoms with van der Waals surface area (Å²) in [5.74, 6) is 1.23. The van der Waals surface area contributed by atoms with Crippen LogP contribution in [0.3, 0.4) is 0 Å². The van der Waals surface area contributed by atoms with Gasteiger partial charge >= 0.3 is 0 Å². The molecular formula is C23H22N4O. The molecule has 5 rings (SSSR count). The minimum Gasteiger partial charge on any atom is -0.348 e. The van der Waals surface area contributed by atoms with E-state index in [2.05, 4.69) is 40.3 Å². The van der Waals surface area contributed by atoms with Crippen molar-refractivity contribution in [3.05, 3.63) is 71.9 Å². The highest BCUT2D eigenvalue weighted by atomic mass is 16.2. The van der Waals surface area contributed by atoms with Crippen LogP contribution >= 0.6 is 0 Å². The molecule has 5 heteroatoms. The summed E-state index contributed by atoms with van der Waals surface area (Å²) in [6.45, 7) is 2.19. The molecule has 1 aliphatic carbocycles. The van der Waals surface area contributed by atoms with Crippen LogP contribution in [-0.4, -0.2) is 28.0 Å². The summed E-state index contributed by atoms with van der Waals surface area (Å²) in [6.07, 6.45) is 3.06. The molecule has 1 aliphatic heterocycles. The lowest BCUT2D eigenvalue weighted by Crippen LogP contribution is -2.29. The molecule has 1 aromatic heterocycles. The molecule has 1 fully saturated rings. The van der Waals surface area contributed by atoms with Gasteiger partial charge in [0.1, 0.15) is 11.5 Å². The zero-order valence-corrected chi connectivity index (χ0v) is 15.8. The van der Waals surface area contributed by atoms with Gasteiger partial charge in [0, 0.05) is 29.4 Å². The van der Waals surface area contributed by atoms with Crippen molar-refractivity contribution in [2.24, 2.45) is 0 Å². The minimum absolute atomic E-state index is 0.122. The van der Waals surface area contributed by atoms with E-state index in [1.54, 1.807) is 0 Å². The van der Waals surface area contributed by atoms with E-state index in [0.29, 0.717) is 11.5 Å². The van der Waals surface area contributed by atoms with E-state index in [4.69, 9.17) is 4.98 Å². The van der Waals surface area contributed by atoms with E-state index in [-0.39, 0.29) is 18.0 Å². The fourth-order valence-corrected chi connectivity index (χ4v) is 3.79. The Hall–Kier alpha value is -3.21. The second-order valence-electron chi connectivity index (χ2n) is 7.60. The molecule has 5 nitrogen and oxygen atoms in total. The van der Waals surface area contributed by atoms with Gasteiger partial charge in [-0.05, 0) is 37.8 Å². The maximum Gasteiger partial charge on any atom is 0.270 e. The molecule has 1 atom stereocenters. The minimum atomic E-state index is -0.122. The standard InChI is InChI=1S/C23H22N4O/c1-15-13-17-9-5-6-10-20(17)27(15)21-14-19(23(28)24-18-11-12-18)25-22(26-21)16-7-3-2-4-8-16/h2-10,14-15,18H,11-13H2,1H3,(H,24,28). The molecule has 0 radical (unpaired) electrons. The van der Waals surface area contributed by atoms with E-state index >= 15 is 0 Å². The Kier molecular flexibility index (Phi) is 4.08. The van der Waals surface area contributed by atoms with Gasteiger partial charge < -0.3 is 10.2 Å². The Morgan fingerprint density at radius 2 is 1.79 bits per heavy atom. The summed E-state index contributed by atoms with van der Waals surface area (Å²) >= 11 is 0. The predicted molar refractivity (Wildman–Crippen MR) is 110 cm³/mol. The van der Waals surface area contributed by atoms with Crippen molar-refractivity contribution >= 4 is 17.4 Å². The van der Waals surface area contributed by atoms with Gasteiger partial charge in [0.05, 0.1) is 0 Å². The smallest absolute Gasteiger partial charge is 0.270 e. The van der Waals surface area contributed by atoms with Crippen LogP contribution in [0.25, 0.3) is 11.4 Å². The van der Waals surface area contributed by atoms with Gasteiger partial charge in [0.15, 0.2) is 5.82 Å². The maximum atomic E-state index is 12.8. The molecule has 28 heavy (non-hydrogen) atoms. The number of anilines is 2. The molecule has 2 aliphatic rings. The number of rotatable bonds is 4. The van der Waals surface area contributed by atoms with Gasteiger partial charge in [0.2, 0.25) is 0 Å². The third-order valence-electron chi connectivity index (χ3n) is 5.34. The molecule has 1 saturated carbocycles. The summed E-state index contributed by atoms with van der Waals surface area (Å²) in [4.78, 5) is 24.4. The SMILES string of the molecule is CC1Cc2ccccc2N1c1cc(C(=O)NC2CC2)nc(-c2ccccc2)n1. The number of fused-ring (bicyclic) bond motifs is 1. The fourth-order valence-electron chi connectivity index (χ4n) is 3.79. The highest BCUT2D eigenvalue weighted by molar-refractivity contribution is 5.94. The molecule has 0 spiro atoms. The molecular weight excluding hydrogens is 348 g/mol. The lowest BCUT2D eigenvalue weighted by molar-refractivity contribution is 0.0946. The quantitative estimate of drug-likeness (QED) is 0.751. The van der Waals surface area contributed by atoms with Gasteiger partial charge in [0.25, 0.3) is 5.91 Å². The summed E-state index contributed by atoms with van der Waals surface area (Å²) in [5.41, 5.74) is 3.79. The Balaban J connectivity index is 1.61. The van der Waals surface area contributed by atoms with Gasteiger partial charge in [-0.25, -0.2) is 9.97 Å². The largest absolute Gasteiger partial charge is 0.348 e. The van der Waals surface area contributed by atoms with Gasteiger partial charge in [-0.3, -0.25) is 4.79 Å². The molecule has 1 amide bonds. The van der Waals surface area contributed by atoms with Crippen molar-refractivity contribution in [3.8, 4) is 11.4 Å². The average molecular weight is 370 g/mol. The molecule has 140 valence electrons. The van der Waals surface area contributed by atoms with Crippen LogP contribution in [0.15, 0.2) is 60.7 Å². The molecule has 0 saturated heterocycles. The number of nitrogens with one attached hydrogen (secondary N) is 1. The number of carbonyl (C=O) groups is 1. The number of benzene rings is 2. The molecule has 3 aromatic rings. The van der Waals surface area contributed by atoms with Crippen LogP contribution in [0.5, 0.6) is 0 Å². The normalized spacial score (nSPS) is 18.0. The topological polar surface area (TPSA) is 58.1 Å². The zero-order valence-electron chi connectivity index (χ0n) is 15.8. The first kappa shape index (κ1) is 16.9. The lowest BCUT2D eigenvalue weighted by atomic mass is 10.1. The summed E-state index contributed by atoms with van der Waals surface area (Å²) < 4.78 is 0. The third kappa shape index (κ3) is 3.13. The van der Waals surface area contributed by atoms with Crippen molar-refractivity contribution in [1.82, 2.24) is 15.3 Å². The van der Waals surface area contributed by atoms with Crippen molar-refractivity contribution < 1.29 is 4.79 Å². The highest BCUT2D eigenvalue weighted by Crippen LogP contribution is 2.38. The Labute approximate surface area is 164 Å². The lowest BCUT2D eigenvalue weighted by Gasteiger charge is -2.24. The number of nitrogens with zero attached hydrogens (tertiary/aromatic N) is 3. The average Bonchev–Trinajstić information content (AvgIpc) is 3.47. The van der Waals surface area contributed by atoms with Gasteiger partial charge in [-0.2, -0.15) is 0 Å². The van der Waals surface area contributed by atoms with Crippen LogP contribution in [0, 0.1) is 0 Å². The van der Waals surface area contributed by atoms with E-state index in [1.807, 2.05) is 42.5 Å². The molecule has 2 heterocycles. The monoisotopic (exact) mass is 370 g/mol. The van der Waals surface area contributed by atoms with Crippen molar-refractivity contribution in [2.75, 3.05) is 4.90 Å². The van der Waals surface area contributed by atoms with E-state index < -0.39 is 0 Å². The van der Waals surface area contributed by atoms with Gasteiger partial charge in [-0.1, -0.05) is 48.5 Å². The van der Waals surface area contributed by atoms with E-state index in [1.165, 1.54) is 5.56 Å². The summed E-state index contributed by atoms with van der Waals surface area (Å²) in [6, 6.07) is 20.6. The summed E-state index contributed by atoms with van der Waals surface area (Å²) in [5, 5.41) is 3.05. The van der Waals surface area contributed by atoms with E-state index in [9.17, 15) is 4.79 Å². The predicted octanol–water partition coefficient (Wildman–Crippen LogP) is 4.12. The second kappa shape index (κ2) is 6.75. The first-order valence-electron chi connectivity index (χ1n) is 9.81. The number of carbonyl (C=O) groups excluding carboxylic acids is 1. The molecule has 2 aromatic carbocycles. The Bertz CT molecular complexity index is 1030. The van der Waals surface area contributed by atoms with Crippen molar-refractivity contribution in [2.45, 2.75) is 38.3 Å². The number of hydrogen-bond acceptors (Lipinski definition) is 4. The number of aromatic nitrogens is 2. The van der Waals surface area contributed by atoms with Crippen LogP contribution in [-0.2, 0) is 6.42 Å². The first-order valence-corrected chi connectivity index (χ1v) is 9.81. The Morgan fingerprint density at radius 1 is 1.04 bits per heavy atom. The highest BCUT2D eigenvalue weighted by Gasteiger charge is 2.30. The van der Waals surface area contributed by atoms with Crippen LogP contribution in [0.4, 0.5) is 11.5 Å². The number of hydrogen-bond donors (Lipinski definition) is 1. The van der Waals surface area contributed by atoms with Gasteiger partial charge in [-0.15, -0.1) is 0 Å². The first-order chi connectivity index (χ1) is 13.7.